The van der Waals surface area contributed by atoms with Crippen LogP contribution in [0.25, 0.3) is 10.2 Å². The monoisotopic (exact) mass is 410 g/mol. The number of ether oxygens (including phenoxy) is 2. The number of carbonyl (C=O) groups is 1. The number of rotatable bonds is 5. The third-order valence-electron chi connectivity index (χ3n) is 3.97. The standard InChI is InChI=1S/C17H16ClN3O3S2/c1-20(2)5-6-21(16(22)13-3-4-15(18)25-13)17-19-10-7-11-12(24-9-23-11)8-14(10)26-17/h3-4,7-8H,5-6,9H2,1-2H3/p+1. The smallest absolute Gasteiger partial charge is 0.270 e. The first-order chi connectivity index (χ1) is 12.5. The highest BCUT2D eigenvalue weighted by Crippen LogP contribution is 2.40. The number of halogens is 1. The van der Waals surface area contributed by atoms with Gasteiger partial charge in [-0.25, -0.2) is 4.98 Å². The number of thiophene rings is 1. The van der Waals surface area contributed by atoms with Crippen LogP contribution in [-0.4, -0.2) is 44.9 Å². The maximum atomic E-state index is 13.0. The zero-order valence-corrected chi connectivity index (χ0v) is 16.6. The molecule has 1 aliphatic heterocycles. The minimum Gasteiger partial charge on any atom is -0.454 e. The highest BCUT2D eigenvalue weighted by atomic mass is 35.5. The zero-order valence-electron chi connectivity index (χ0n) is 14.2. The summed E-state index contributed by atoms with van der Waals surface area (Å²) in [7, 11) is 4.12. The first-order valence-corrected chi connectivity index (χ1v) is 10.1. The molecule has 136 valence electrons. The number of nitrogens with zero attached hydrogens (tertiary/aromatic N) is 2. The molecule has 0 radical (unpaired) electrons. The van der Waals surface area contributed by atoms with Crippen molar-refractivity contribution in [1.82, 2.24) is 4.98 Å². The summed E-state index contributed by atoms with van der Waals surface area (Å²) in [5.41, 5.74) is 0.800. The van der Waals surface area contributed by atoms with Crippen LogP contribution in [0, 0.1) is 0 Å². The Balaban J connectivity index is 1.70. The van der Waals surface area contributed by atoms with E-state index in [9.17, 15) is 4.79 Å². The summed E-state index contributed by atoms with van der Waals surface area (Å²) in [4.78, 5) is 21.3. The van der Waals surface area contributed by atoms with Gasteiger partial charge in [-0.1, -0.05) is 22.9 Å². The molecule has 9 heteroatoms. The lowest BCUT2D eigenvalue weighted by atomic mass is 10.3. The van der Waals surface area contributed by atoms with Crippen LogP contribution in [0.1, 0.15) is 9.67 Å². The van der Waals surface area contributed by atoms with Crippen molar-refractivity contribution in [1.29, 1.82) is 0 Å². The second-order valence-corrected chi connectivity index (χ2v) is 8.91. The van der Waals surface area contributed by atoms with Crippen LogP contribution in [0.2, 0.25) is 4.34 Å². The van der Waals surface area contributed by atoms with Crippen molar-refractivity contribution in [2.75, 3.05) is 38.9 Å². The molecule has 1 aliphatic rings. The molecule has 4 rings (SSSR count). The fourth-order valence-electron chi connectivity index (χ4n) is 2.60. The van der Waals surface area contributed by atoms with Crippen molar-refractivity contribution in [3.63, 3.8) is 0 Å². The predicted octanol–water partition coefficient (Wildman–Crippen LogP) is 2.53. The average molecular weight is 411 g/mol. The zero-order chi connectivity index (χ0) is 18.3. The highest BCUT2D eigenvalue weighted by Gasteiger charge is 2.24. The number of anilines is 1. The summed E-state index contributed by atoms with van der Waals surface area (Å²) in [5.74, 6) is 1.32. The van der Waals surface area contributed by atoms with Gasteiger partial charge in [-0.2, -0.15) is 0 Å². The lowest BCUT2D eigenvalue weighted by molar-refractivity contribution is -0.856. The Morgan fingerprint density at radius 2 is 2.04 bits per heavy atom. The van der Waals surface area contributed by atoms with Crippen LogP contribution in [0.15, 0.2) is 24.3 Å². The van der Waals surface area contributed by atoms with Gasteiger partial charge in [0, 0.05) is 12.1 Å². The Morgan fingerprint density at radius 3 is 2.73 bits per heavy atom. The molecular weight excluding hydrogens is 394 g/mol. The van der Waals surface area contributed by atoms with E-state index < -0.39 is 0 Å². The van der Waals surface area contributed by atoms with E-state index in [0.29, 0.717) is 32.4 Å². The summed E-state index contributed by atoms with van der Waals surface area (Å²) in [6.07, 6.45) is 0. The maximum Gasteiger partial charge on any atom is 0.270 e. The van der Waals surface area contributed by atoms with Gasteiger partial charge >= 0.3 is 0 Å². The number of nitrogens with one attached hydrogen (secondary N) is 1. The van der Waals surface area contributed by atoms with Gasteiger partial charge in [-0.05, 0) is 12.1 Å². The summed E-state index contributed by atoms with van der Waals surface area (Å²) in [5, 5.41) is 0.666. The SMILES string of the molecule is C[NH+](C)CCN(C(=O)c1ccc(Cl)s1)c1nc2cc3c(cc2s1)OCO3. The third kappa shape index (κ3) is 3.37. The van der Waals surface area contributed by atoms with Crippen LogP contribution in [-0.2, 0) is 0 Å². The molecule has 26 heavy (non-hydrogen) atoms. The fraction of sp³-hybridized carbons (Fsp3) is 0.294. The molecule has 1 aromatic carbocycles. The Hall–Kier alpha value is -1.87. The molecule has 3 aromatic rings. The molecule has 3 heterocycles. The first-order valence-electron chi connectivity index (χ1n) is 8.07. The van der Waals surface area contributed by atoms with Gasteiger partial charge in [0.05, 0.1) is 46.6 Å². The number of hydrogen-bond donors (Lipinski definition) is 1. The summed E-state index contributed by atoms with van der Waals surface area (Å²) in [6.45, 7) is 1.61. The minimum atomic E-state index is -0.0813. The molecule has 0 atom stereocenters. The molecule has 0 fully saturated rings. The van der Waals surface area contributed by atoms with E-state index in [4.69, 9.17) is 21.1 Å². The third-order valence-corrected chi connectivity index (χ3v) is 6.23. The summed E-state index contributed by atoms with van der Waals surface area (Å²) >= 11 is 8.76. The number of quaternary nitrogens is 1. The molecule has 0 unspecified atom stereocenters. The number of thiazole rings is 1. The lowest BCUT2D eigenvalue weighted by Crippen LogP contribution is -3.06. The largest absolute Gasteiger partial charge is 0.454 e. The summed E-state index contributed by atoms with van der Waals surface area (Å²) in [6, 6.07) is 7.28. The Kier molecular flexibility index (Phi) is 4.74. The van der Waals surface area contributed by atoms with E-state index >= 15 is 0 Å². The lowest BCUT2D eigenvalue weighted by Gasteiger charge is -2.19. The van der Waals surface area contributed by atoms with E-state index in [0.717, 1.165) is 16.8 Å². The molecular formula is C17H17ClN3O3S2+. The van der Waals surface area contributed by atoms with Gasteiger partial charge < -0.3 is 14.4 Å². The quantitative estimate of drug-likeness (QED) is 0.702. The van der Waals surface area contributed by atoms with Gasteiger partial charge in [0.25, 0.3) is 5.91 Å². The molecule has 0 saturated carbocycles. The number of carbonyl (C=O) groups excluding carboxylic acids is 1. The number of aromatic nitrogens is 1. The van der Waals surface area contributed by atoms with E-state index in [1.807, 2.05) is 12.1 Å². The summed E-state index contributed by atoms with van der Waals surface area (Å²) < 4.78 is 12.4. The van der Waals surface area contributed by atoms with Gasteiger partial charge in [0.1, 0.15) is 0 Å². The molecule has 0 saturated heterocycles. The van der Waals surface area contributed by atoms with Gasteiger partial charge in [0.15, 0.2) is 16.6 Å². The van der Waals surface area contributed by atoms with Crippen LogP contribution in [0.3, 0.4) is 0 Å². The van der Waals surface area contributed by atoms with Crippen LogP contribution in [0.4, 0.5) is 5.13 Å². The van der Waals surface area contributed by atoms with Crippen molar-refractivity contribution < 1.29 is 19.2 Å². The second kappa shape index (κ2) is 7.03. The predicted molar refractivity (Wildman–Crippen MR) is 104 cm³/mol. The number of amides is 1. The Bertz CT molecular complexity index is 928. The fourth-order valence-corrected chi connectivity index (χ4v) is 4.60. The first kappa shape index (κ1) is 17.5. The van der Waals surface area contributed by atoms with Crippen LogP contribution >= 0.6 is 34.3 Å². The van der Waals surface area contributed by atoms with Gasteiger partial charge in [-0.3, -0.25) is 9.69 Å². The molecule has 2 aromatic heterocycles. The van der Waals surface area contributed by atoms with Crippen LogP contribution in [0.5, 0.6) is 11.5 Å². The van der Waals surface area contributed by atoms with Crippen molar-refractivity contribution in [3.8, 4) is 11.5 Å². The Labute approximate surface area is 163 Å². The number of benzene rings is 1. The average Bonchev–Trinajstić information content (AvgIpc) is 3.30. The number of fused-ring (bicyclic) bond motifs is 2. The number of hydrogen-bond acceptors (Lipinski definition) is 6. The van der Waals surface area contributed by atoms with Crippen molar-refractivity contribution in [2.45, 2.75) is 0 Å². The molecule has 6 nitrogen and oxygen atoms in total. The van der Waals surface area contributed by atoms with Crippen molar-refractivity contribution in [2.24, 2.45) is 0 Å². The maximum absolute atomic E-state index is 13.0. The molecule has 0 aliphatic carbocycles. The van der Waals surface area contributed by atoms with Crippen molar-refractivity contribution in [3.05, 3.63) is 33.5 Å². The van der Waals surface area contributed by atoms with E-state index in [1.54, 1.807) is 17.0 Å². The van der Waals surface area contributed by atoms with E-state index in [2.05, 4.69) is 19.1 Å². The topological polar surface area (TPSA) is 56.1 Å². The molecule has 1 N–H and O–H groups in total. The van der Waals surface area contributed by atoms with Crippen LogP contribution < -0.4 is 19.3 Å². The second-order valence-electron chi connectivity index (χ2n) is 6.19. The van der Waals surface area contributed by atoms with E-state index in [1.165, 1.54) is 27.6 Å². The molecule has 0 spiro atoms. The van der Waals surface area contributed by atoms with Gasteiger partial charge in [0.2, 0.25) is 6.79 Å². The normalized spacial score (nSPS) is 12.9. The Morgan fingerprint density at radius 1 is 1.27 bits per heavy atom. The number of likely N-dealkylation sites (N-methyl/N-ethyl adjacent to an activating group) is 1. The highest BCUT2D eigenvalue weighted by molar-refractivity contribution is 7.22. The van der Waals surface area contributed by atoms with Gasteiger partial charge in [-0.15, -0.1) is 11.3 Å². The minimum absolute atomic E-state index is 0.0813. The van der Waals surface area contributed by atoms with E-state index in [-0.39, 0.29) is 12.7 Å². The molecule has 0 bridgehead atoms. The van der Waals surface area contributed by atoms with Crippen molar-refractivity contribution >= 4 is 55.5 Å². The molecule has 1 amide bonds.